The maximum Gasteiger partial charge on any atom is 0.320 e. The first kappa shape index (κ1) is 14.7. The van der Waals surface area contributed by atoms with Crippen LogP contribution in [0.5, 0.6) is 0 Å². The van der Waals surface area contributed by atoms with Crippen LogP contribution in [0.1, 0.15) is 24.3 Å². The fourth-order valence-corrected chi connectivity index (χ4v) is 1.95. The van der Waals surface area contributed by atoms with Gasteiger partial charge in [-0.05, 0) is 31.5 Å². The molecule has 0 saturated heterocycles. The summed E-state index contributed by atoms with van der Waals surface area (Å²) in [6.07, 6.45) is 0. The quantitative estimate of drug-likeness (QED) is 0.893. The maximum atomic E-state index is 11.8. The van der Waals surface area contributed by atoms with Crippen LogP contribution in [-0.2, 0) is 0 Å². The highest BCUT2D eigenvalue weighted by Gasteiger charge is 2.12. The van der Waals surface area contributed by atoms with Crippen LogP contribution in [-0.4, -0.2) is 11.2 Å². The number of amides is 2. The normalized spacial score (nSPS) is 12.0. The van der Waals surface area contributed by atoms with E-state index in [4.69, 9.17) is 27.7 Å². The van der Waals surface area contributed by atoms with E-state index in [2.05, 4.69) is 15.8 Å². The summed E-state index contributed by atoms with van der Waals surface area (Å²) in [5.74, 6) is 0.985. The Morgan fingerprint density at radius 3 is 2.65 bits per heavy atom. The molecule has 1 atom stereocenters. The number of carbonyl (C=O) groups is 1. The number of aromatic nitrogens is 1. The topological polar surface area (TPSA) is 67.2 Å². The zero-order valence-electron chi connectivity index (χ0n) is 10.9. The SMILES string of the molecule is Cc1cc(NC(=O)NC(C)c2ccc(Cl)c(Cl)c2)no1. The third kappa shape index (κ3) is 3.65. The molecule has 1 aromatic heterocycles. The minimum atomic E-state index is -0.378. The number of nitrogens with one attached hydrogen (secondary N) is 2. The van der Waals surface area contributed by atoms with Crippen LogP contribution >= 0.6 is 23.2 Å². The van der Waals surface area contributed by atoms with E-state index in [9.17, 15) is 4.79 Å². The lowest BCUT2D eigenvalue weighted by Crippen LogP contribution is -2.31. The number of aryl methyl sites for hydroxylation is 1. The first-order valence-electron chi connectivity index (χ1n) is 5.91. The van der Waals surface area contributed by atoms with Crippen molar-refractivity contribution in [1.82, 2.24) is 10.5 Å². The average Bonchev–Trinajstić information content (AvgIpc) is 2.77. The van der Waals surface area contributed by atoms with Crippen molar-refractivity contribution in [3.63, 3.8) is 0 Å². The molecule has 5 nitrogen and oxygen atoms in total. The van der Waals surface area contributed by atoms with E-state index < -0.39 is 0 Å². The van der Waals surface area contributed by atoms with Crippen molar-refractivity contribution in [1.29, 1.82) is 0 Å². The number of hydrogen-bond acceptors (Lipinski definition) is 3. The van der Waals surface area contributed by atoms with Gasteiger partial charge >= 0.3 is 6.03 Å². The van der Waals surface area contributed by atoms with Crippen LogP contribution in [0.4, 0.5) is 10.6 Å². The van der Waals surface area contributed by atoms with E-state index in [1.165, 1.54) is 0 Å². The van der Waals surface area contributed by atoms with Crippen molar-refractivity contribution in [2.75, 3.05) is 5.32 Å². The molecule has 2 aromatic rings. The average molecular weight is 314 g/mol. The molecule has 0 fully saturated rings. The van der Waals surface area contributed by atoms with E-state index in [0.29, 0.717) is 21.6 Å². The smallest absolute Gasteiger partial charge is 0.320 e. The van der Waals surface area contributed by atoms with Crippen LogP contribution in [0.3, 0.4) is 0 Å². The summed E-state index contributed by atoms with van der Waals surface area (Å²) in [6.45, 7) is 3.58. The molecule has 20 heavy (non-hydrogen) atoms. The lowest BCUT2D eigenvalue weighted by molar-refractivity contribution is 0.249. The number of carbonyl (C=O) groups excluding carboxylic acids is 1. The van der Waals surface area contributed by atoms with Gasteiger partial charge < -0.3 is 9.84 Å². The van der Waals surface area contributed by atoms with E-state index in [1.807, 2.05) is 6.92 Å². The molecule has 0 saturated carbocycles. The Balaban J connectivity index is 1.98. The molecule has 1 unspecified atom stereocenters. The molecular weight excluding hydrogens is 301 g/mol. The molecule has 2 rings (SSSR count). The standard InChI is InChI=1S/C13H13Cl2N3O2/c1-7-5-12(18-20-7)17-13(19)16-8(2)9-3-4-10(14)11(15)6-9/h3-6,8H,1-2H3,(H2,16,17,18,19). The van der Waals surface area contributed by atoms with E-state index in [-0.39, 0.29) is 12.1 Å². The molecular formula is C13H13Cl2N3O2. The Morgan fingerprint density at radius 1 is 1.30 bits per heavy atom. The highest BCUT2D eigenvalue weighted by atomic mass is 35.5. The first-order chi connectivity index (χ1) is 9.45. The molecule has 0 spiro atoms. The fourth-order valence-electron chi connectivity index (χ4n) is 1.64. The molecule has 1 heterocycles. The second-order valence-electron chi connectivity index (χ2n) is 4.32. The second-order valence-corrected chi connectivity index (χ2v) is 5.13. The van der Waals surface area contributed by atoms with Gasteiger partial charge in [0.2, 0.25) is 0 Å². The van der Waals surface area contributed by atoms with Gasteiger partial charge in [0, 0.05) is 6.07 Å². The van der Waals surface area contributed by atoms with Gasteiger partial charge in [0.15, 0.2) is 5.82 Å². The number of benzene rings is 1. The fraction of sp³-hybridized carbons (Fsp3) is 0.231. The van der Waals surface area contributed by atoms with Gasteiger partial charge in [0.05, 0.1) is 16.1 Å². The Kier molecular flexibility index (Phi) is 4.52. The van der Waals surface area contributed by atoms with Crippen LogP contribution in [0.15, 0.2) is 28.8 Å². The van der Waals surface area contributed by atoms with E-state index in [1.54, 1.807) is 31.2 Å². The van der Waals surface area contributed by atoms with Gasteiger partial charge in [-0.3, -0.25) is 5.32 Å². The Labute approximate surface area is 126 Å². The Hall–Kier alpha value is -1.72. The van der Waals surface area contributed by atoms with Crippen molar-refractivity contribution in [3.8, 4) is 0 Å². The van der Waals surface area contributed by atoms with Crippen LogP contribution in [0.25, 0.3) is 0 Å². The number of rotatable bonds is 3. The highest BCUT2D eigenvalue weighted by Crippen LogP contribution is 2.25. The zero-order chi connectivity index (χ0) is 14.7. The predicted molar refractivity (Wildman–Crippen MR) is 78.3 cm³/mol. The van der Waals surface area contributed by atoms with Gasteiger partial charge in [0.25, 0.3) is 0 Å². The predicted octanol–water partition coefficient (Wildman–Crippen LogP) is 4.17. The van der Waals surface area contributed by atoms with Crippen molar-refractivity contribution >= 4 is 35.1 Å². The number of halogens is 2. The summed E-state index contributed by atoms with van der Waals surface area (Å²) < 4.78 is 4.86. The second kappa shape index (κ2) is 6.15. The molecule has 7 heteroatoms. The maximum absolute atomic E-state index is 11.8. The van der Waals surface area contributed by atoms with Gasteiger partial charge in [-0.15, -0.1) is 0 Å². The monoisotopic (exact) mass is 313 g/mol. The van der Waals surface area contributed by atoms with Crippen LogP contribution in [0.2, 0.25) is 10.0 Å². The third-order valence-corrected chi connectivity index (χ3v) is 3.40. The lowest BCUT2D eigenvalue weighted by atomic mass is 10.1. The first-order valence-corrected chi connectivity index (χ1v) is 6.67. The summed E-state index contributed by atoms with van der Waals surface area (Å²) in [4.78, 5) is 11.8. The molecule has 106 valence electrons. The minimum absolute atomic E-state index is 0.224. The van der Waals surface area contributed by atoms with Gasteiger partial charge in [-0.2, -0.15) is 0 Å². The molecule has 0 radical (unpaired) electrons. The van der Waals surface area contributed by atoms with Crippen LogP contribution < -0.4 is 10.6 Å². The van der Waals surface area contributed by atoms with Crippen LogP contribution in [0, 0.1) is 6.92 Å². The lowest BCUT2D eigenvalue weighted by Gasteiger charge is -2.14. The minimum Gasteiger partial charge on any atom is -0.360 e. The summed E-state index contributed by atoms with van der Waals surface area (Å²) in [7, 11) is 0. The van der Waals surface area contributed by atoms with E-state index in [0.717, 1.165) is 5.56 Å². The largest absolute Gasteiger partial charge is 0.360 e. The summed E-state index contributed by atoms with van der Waals surface area (Å²) in [6, 6.07) is 6.24. The number of nitrogens with zero attached hydrogens (tertiary/aromatic N) is 1. The Bertz CT molecular complexity index is 628. The molecule has 0 aliphatic heterocycles. The highest BCUT2D eigenvalue weighted by molar-refractivity contribution is 6.42. The van der Waals surface area contributed by atoms with Crippen molar-refractivity contribution in [2.45, 2.75) is 19.9 Å². The number of urea groups is 1. The molecule has 2 amide bonds. The molecule has 0 aliphatic rings. The van der Waals surface area contributed by atoms with Crippen molar-refractivity contribution in [2.24, 2.45) is 0 Å². The molecule has 0 bridgehead atoms. The zero-order valence-corrected chi connectivity index (χ0v) is 12.4. The summed E-state index contributed by atoms with van der Waals surface area (Å²) in [5, 5.41) is 9.94. The number of anilines is 1. The summed E-state index contributed by atoms with van der Waals surface area (Å²) >= 11 is 11.8. The van der Waals surface area contributed by atoms with Gasteiger partial charge in [-0.1, -0.05) is 34.4 Å². The van der Waals surface area contributed by atoms with Gasteiger partial charge in [0.1, 0.15) is 5.76 Å². The molecule has 1 aromatic carbocycles. The van der Waals surface area contributed by atoms with Gasteiger partial charge in [-0.25, -0.2) is 4.79 Å². The van der Waals surface area contributed by atoms with Crippen molar-refractivity contribution in [3.05, 3.63) is 45.6 Å². The number of hydrogen-bond donors (Lipinski definition) is 2. The molecule has 0 aliphatic carbocycles. The third-order valence-electron chi connectivity index (χ3n) is 2.66. The molecule has 2 N–H and O–H groups in total. The van der Waals surface area contributed by atoms with Crippen molar-refractivity contribution < 1.29 is 9.32 Å². The Morgan fingerprint density at radius 2 is 2.05 bits per heavy atom. The summed E-state index contributed by atoms with van der Waals surface area (Å²) in [5.41, 5.74) is 0.853. The van der Waals surface area contributed by atoms with E-state index >= 15 is 0 Å².